The molecule has 7 heteroatoms. The number of likely N-dealkylation sites (tertiary alicyclic amines) is 1. The van der Waals surface area contributed by atoms with Crippen molar-refractivity contribution in [2.24, 2.45) is 0 Å². The van der Waals surface area contributed by atoms with Crippen molar-refractivity contribution in [3.63, 3.8) is 0 Å². The highest BCUT2D eigenvalue weighted by Crippen LogP contribution is 2.26. The SMILES string of the molecule is O=C(Nc1cccc(N2CCCC2=O)c1)C1CCCN1C(=O)c1ccco1. The molecule has 0 aliphatic carbocycles. The maximum atomic E-state index is 12.8. The summed E-state index contributed by atoms with van der Waals surface area (Å²) in [7, 11) is 0. The summed E-state index contributed by atoms with van der Waals surface area (Å²) in [4.78, 5) is 40.6. The van der Waals surface area contributed by atoms with E-state index in [1.54, 1.807) is 34.1 Å². The molecular weight excluding hydrogens is 346 g/mol. The maximum Gasteiger partial charge on any atom is 0.290 e. The zero-order chi connectivity index (χ0) is 18.8. The van der Waals surface area contributed by atoms with Crippen LogP contribution in [-0.2, 0) is 9.59 Å². The molecule has 3 heterocycles. The Bertz CT molecular complexity index is 862. The summed E-state index contributed by atoms with van der Waals surface area (Å²) in [5.41, 5.74) is 1.40. The summed E-state index contributed by atoms with van der Waals surface area (Å²) in [5.74, 6) is -0.153. The minimum absolute atomic E-state index is 0.101. The molecule has 3 amide bonds. The molecule has 7 nitrogen and oxygen atoms in total. The predicted molar refractivity (Wildman–Crippen MR) is 99.4 cm³/mol. The first-order valence-corrected chi connectivity index (χ1v) is 9.19. The van der Waals surface area contributed by atoms with E-state index >= 15 is 0 Å². The fourth-order valence-corrected chi connectivity index (χ4v) is 3.72. The van der Waals surface area contributed by atoms with Gasteiger partial charge in [0.2, 0.25) is 11.8 Å². The number of rotatable bonds is 4. The largest absolute Gasteiger partial charge is 0.459 e. The van der Waals surface area contributed by atoms with Crippen molar-refractivity contribution in [3.8, 4) is 0 Å². The lowest BCUT2D eigenvalue weighted by Gasteiger charge is -2.23. The Hall–Kier alpha value is -3.09. The van der Waals surface area contributed by atoms with Crippen LogP contribution in [0.4, 0.5) is 11.4 Å². The Labute approximate surface area is 156 Å². The average Bonchev–Trinajstić information content (AvgIpc) is 3.42. The number of nitrogens with one attached hydrogen (secondary N) is 1. The fourth-order valence-electron chi connectivity index (χ4n) is 3.72. The molecule has 140 valence electrons. The molecule has 4 rings (SSSR count). The van der Waals surface area contributed by atoms with Gasteiger partial charge in [-0.1, -0.05) is 6.07 Å². The molecule has 2 saturated heterocycles. The Balaban J connectivity index is 1.47. The Morgan fingerprint density at radius 1 is 1.11 bits per heavy atom. The van der Waals surface area contributed by atoms with Gasteiger partial charge in [-0.05, 0) is 49.6 Å². The standard InChI is InChI=1S/C20H21N3O4/c24-18-9-3-10-22(18)15-6-1-5-14(13-15)21-19(25)16-7-2-11-23(16)20(26)17-8-4-12-27-17/h1,4-6,8,12-13,16H,2-3,7,9-11H2,(H,21,25). The third-order valence-corrected chi connectivity index (χ3v) is 5.05. The summed E-state index contributed by atoms with van der Waals surface area (Å²) in [6.07, 6.45) is 4.24. The van der Waals surface area contributed by atoms with Crippen molar-refractivity contribution in [2.45, 2.75) is 31.7 Å². The quantitative estimate of drug-likeness (QED) is 0.901. The summed E-state index contributed by atoms with van der Waals surface area (Å²) >= 11 is 0. The van der Waals surface area contributed by atoms with Crippen LogP contribution in [0.1, 0.15) is 36.2 Å². The van der Waals surface area contributed by atoms with Gasteiger partial charge in [-0.25, -0.2) is 0 Å². The number of anilines is 2. The zero-order valence-electron chi connectivity index (χ0n) is 14.9. The van der Waals surface area contributed by atoms with Gasteiger partial charge in [-0.3, -0.25) is 14.4 Å². The van der Waals surface area contributed by atoms with Crippen LogP contribution < -0.4 is 10.2 Å². The van der Waals surface area contributed by atoms with Crippen LogP contribution in [0.15, 0.2) is 47.1 Å². The normalized spacial score (nSPS) is 19.6. The number of hydrogen-bond donors (Lipinski definition) is 1. The minimum atomic E-state index is -0.528. The molecule has 2 fully saturated rings. The van der Waals surface area contributed by atoms with Crippen LogP contribution in [0.5, 0.6) is 0 Å². The number of hydrogen-bond acceptors (Lipinski definition) is 4. The van der Waals surface area contributed by atoms with E-state index in [-0.39, 0.29) is 23.5 Å². The van der Waals surface area contributed by atoms with Crippen LogP contribution in [0, 0.1) is 0 Å². The monoisotopic (exact) mass is 367 g/mol. The summed E-state index contributed by atoms with van der Waals surface area (Å²) in [6.45, 7) is 1.23. The lowest BCUT2D eigenvalue weighted by Crippen LogP contribution is -2.43. The zero-order valence-corrected chi connectivity index (χ0v) is 14.9. The summed E-state index contributed by atoms with van der Waals surface area (Å²) in [5, 5.41) is 2.89. The van der Waals surface area contributed by atoms with Gasteiger partial charge in [0.05, 0.1) is 6.26 Å². The van der Waals surface area contributed by atoms with Crippen molar-refractivity contribution in [1.82, 2.24) is 4.90 Å². The minimum Gasteiger partial charge on any atom is -0.459 e. The van der Waals surface area contributed by atoms with Crippen LogP contribution in [0.2, 0.25) is 0 Å². The first-order chi connectivity index (χ1) is 13.1. The molecule has 27 heavy (non-hydrogen) atoms. The average molecular weight is 367 g/mol. The predicted octanol–water partition coefficient (Wildman–Crippen LogP) is 2.65. The molecule has 0 saturated carbocycles. The third kappa shape index (κ3) is 3.45. The van der Waals surface area contributed by atoms with Crippen LogP contribution in [0.25, 0.3) is 0 Å². The van der Waals surface area contributed by atoms with E-state index in [0.717, 1.165) is 18.5 Å². The van der Waals surface area contributed by atoms with Gasteiger partial charge in [0, 0.05) is 30.9 Å². The second-order valence-corrected chi connectivity index (χ2v) is 6.82. The molecule has 1 N–H and O–H groups in total. The van der Waals surface area contributed by atoms with Crippen molar-refractivity contribution in [3.05, 3.63) is 48.4 Å². The molecule has 2 aliphatic heterocycles. The van der Waals surface area contributed by atoms with E-state index in [2.05, 4.69) is 5.32 Å². The van der Waals surface area contributed by atoms with E-state index in [4.69, 9.17) is 4.42 Å². The highest BCUT2D eigenvalue weighted by atomic mass is 16.3. The highest BCUT2D eigenvalue weighted by molar-refractivity contribution is 6.01. The number of carbonyl (C=O) groups excluding carboxylic acids is 3. The van der Waals surface area contributed by atoms with E-state index in [1.165, 1.54) is 6.26 Å². The highest BCUT2D eigenvalue weighted by Gasteiger charge is 2.35. The lowest BCUT2D eigenvalue weighted by atomic mass is 10.2. The molecule has 1 unspecified atom stereocenters. The molecule has 1 atom stereocenters. The molecule has 0 bridgehead atoms. The molecule has 1 aromatic heterocycles. The lowest BCUT2D eigenvalue weighted by molar-refractivity contribution is -0.119. The van der Waals surface area contributed by atoms with Crippen molar-refractivity contribution in [2.75, 3.05) is 23.3 Å². The van der Waals surface area contributed by atoms with Gasteiger partial charge in [-0.2, -0.15) is 0 Å². The molecule has 0 radical (unpaired) electrons. The van der Waals surface area contributed by atoms with Crippen LogP contribution >= 0.6 is 0 Å². The summed E-state index contributed by atoms with van der Waals surface area (Å²) < 4.78 is 5.18. The van der Waals surface area contributed by atoms with Gasteiger partial charge < -0.3 is 19.5 Å². The Morgan fingerprint density at radius 3 is 2.74 bits per heavy atom. The maximum absolute atomic E-state index is 12.8. The molecule has 1 aromatic carbocycles. The molecule has 2 aromatic rings. The van der Waals surface area contributed by atoms with Crippen LogP contribution in [0.3, 0.4) is 0 Å². The van der Waals surface area contributed by atoms with E-state index in [9.17, 15) is 14.4 Å². The first-order valence-electron chi connectivity index (χ1n) is 9.19. The van der Waals surface area contributed by atoms with Crippen molar-refractivity contribution in [1.29, 1.82) is 0 Å². The van der Waals surface area contributed by atoms with Gasteiger partial charge in [0.25, 0.3) is 5.91 Å². The number of carbonyl (C=O) groups is 3. The number of amides is 3. The van der Waals surface area contributed by atoms with Gasteiger partial charge in [0.1, 0.15) is 6.04 Å². The van der Waals surface area contributed by atoms with E-state index in [1.807, 2.05) is 12.1 Å². The molecule has 0 spiro atoms. The Kier molecular flexibility index (Phi) is 4.66. The smallest absolute Gasteiger partial charge is 0.290 e. The molecular formula is C20H21N3O4. The summed E-state index contributed by atoms with van der Waals surface area (Å²) in [6, 6.07) is 10.00. The van der Waals surface area contributed by atoms with E-state index in [0.29, 0.717) is 31.6 Å². The van der Waals surface area contributed by atoms with E-state index < -0.39 is 6.04 Å². The Morgan fingerprint density at radius 2 is 2.00 bits per heavy atom. The van der Waals surface area contributed by atoms with Gasteiger partial charge in [0.15, 0.2) is 5.76 Å². The van der Waals surface area contributed by atoms with Crippen molar-refractivity contribution >= 4 is 29.1 Å². The molecule has 2 aliphatic rings. The van der Waals surface area contributed by atoms with Crippen molar-refractivity contribution < 1.29 is 18.8 Å². The number of nitrogens with zero attached hydrogens (tertiary/aromatic N) is 2. The number of furan rings is 1. The second-order valence-electron chi connectivity index (χ2n) is 6.82. The van der Waals surface area contributed by atoms with Gasteiger partial charge in [-0.15, -0.1) is 0 Å². The first kappa shape index (κ1) is 17.3. The fraction of sp³-hybridized carbons (Fsp3) is 0.350. The number of benzene rings is 1. The third-order valence-electron chi connectivity index (χ3n) is 5.05. The topological polar surface area (TPSA) is 82.9 Å². The second kappa shape index (κ2) is 7.26. The van der Waals surface area contributed by atoms with Gasteiger partial charge >= 0.3 is 0 Å². The van der Waals surface area contributed by atoms with Crippen LogP contribution in [-0.4, -0.2) is 41.8 Å².